The van der Waals surface area contributed by atoms with Gasteiger partial charge in [0.15, 0.2) is 5.82 Å². The first kappa shape index (κ1) is 35.9. The number of halogens is 2. The van der Waals surface area contributed by atoms with Crippen molar-refractivity contribution in [1.29, 1.82) is 0 Å². The van der Waals surface area contributed by atoms with E-state index in [0.29, 0.717) is 33.2 Å². The number of aromatic nitrogens is 2. The Kier molecular flexibility index (Phi) is 9.83. The number of ether oxygens (including phenoxy) is 1. The number of carbonyl (C=O) groups excluding carboxylic acids is 1. The molecule has 1 saturated heterocycles. The van der Waals surface area contributed by atoms with Gasteiger partial charge < -0.3 is 24.8 Å². The van der Waals surface area contributed by atoms with Gasteiger partial charge in [-0.3, -0.25) is 9.69 Å². The molecule has 0 spiro atoms. The normalized spacial score (nSPS) is 20.4. The number of aromatic amines is 1. The minimum atomic E-state index is -0.271. The molecule has 9 rings (SSSR count). The predicted octanol–water partition coefficient (Wildman–Crippen LogP) is 10.4. The molecule has 1 amide bonds. The fraction of sp³-hybridized carbons (Fsp3) is 0.333. The molecule has 0 radical (unpaired) electrons. The Morgan fingerprint density at radius 3 is 2.44 bits per heavy atom. The lowest BCUT2D eigenvalue weighted by atomic mass is 9.82. The highest BCUT2D eigenvalue weighted by atomic mass is 35.5. The van der Waals surface area contributed by atoms with E-state index in [-0.39, 0.29) is 17.9 Å². The number of fused-ring (bicyclic) bond motifs is 2. The van der Waals surface area contributed by atoms with Gasteiger partial charge in [-0.2, -0.15) is 0 Å². The first-order valence-electron chi connectivity index (χ1n) is 19.6. The zero-order valence-electron chi connectivity index (χ0n) is 31.3. The predicted molar refractivity (Wildman–Crippen MR) is 224 cm³/mol. The number of methoxy groups -OCH3 is 1. The first-order valence-corrected chi connectivity index (χ1v) is 20.3. The van der Waals surface area contributed by atoms with Gasteiger partial charge in [0.2, 0.25) is 0 Å². The van der Waals surface area contributed by atoms with E-state index >= 15 is 4.79 Å². The van der Waals surface area contributed by atoms with Crippen LogP contribution in [0.4, 0.5) is 11.5 Å². The lowest BCUT2D eigenvalue weighted by Gasteiger charge is -2.41. The van der Waals surface area contributed by atoms with Crippen molar-refractivity contribution in [3.05, 3.63) is 129 Å². The largest absolute Gasteiger partial charge is 0.494 e. The van der Waals surface area contributed by atoms with Crippen molar-refractivity contribution in [1.82, 2.24) is 19.8 Å². The van der Waals surface area contributed by atoms with Crippen LogP contribution >= 0.6 is 23.2 Å². The number of benzene rings is 3. The number of carbonyl (C=O) groups is 1. The molecule has 2 fully saturated rings. The number of hydrogen-bond acceptors (Lipinski definition) is 6. The van der Waals surface area contributed by atoms with Crippen LogP contribution in [0.3, 0.4) is 0 Å². The minimum Gasteiger partial charge on any atom is -0.494 e. The van der Waals surface area contributed by atoms with Crippen molar-refractivity contribution in [3.8, 4) is 5.75 Å². The number of rotatable bonds is 7. The van der Waals surface area contributed by atoms with Gasteiger partial charge in [-0.1, -0.05) is 97.9 Å². The van der Waals surface area contributed by atoms with Crippen molar-refractivity contribution in [2.24, 2.45) is 5.92 Å². The van der Waals surface area contributed by atoms with Crippen molar-refractivity contribution in [3.63, 3.8) is 0 Å². The SMILES string of the molecule is COc1ccnc(N2CCN(C3CCCCC3)CC2)c1NC(=O)c1[nH]c2cc(Cl)cc3c2c1C1=C(c2ccccc2)C(C)CC=CN1C3c1ccc(Cl)cc1. The number of nitrogens with one attached hydrogen (secondary N) is 2. The second kappa shape index (κ2) is 15.1. The van der Waals surface area contributed by atoms with Gasteiger partial charge in [0.25, 0.3) is 5.91 Å². The smallest absolute Gasteiger partial charge is 0.273 e. The Morgan fingerprint density at radius 2 is 1.69 bits per heavy atom. The van der Waals surface area contributed by atoms with E-state index in [0.717, 1.165) is 77.3 Å². The highest BCUT2D eigenvalue weighted by Crippen LogP contribution is 2.53. The quantitative estimate of drug-likeness (QED) is 0.172. The summed E-state index contributed by atoms with van der Waals surface area (Å²) in [6.45, 7) is 5.87. The van der Waals surface area contributed by atoms with Crippen LogP contribution in [0.5, 0.6) is 5.75 Å². The second-order valence-corrected chi connectivity index (χ2v) is 16.2. The van der Waals surface area contributed by atoms with E-state index in [1.54, 1.807) is 13.3 Å². The molecule has 10 heteroatoms. The second-order valence-electron chi connectivity index (χ2n) is 15.3. The lowest BCUT2D eigenvalue weighted by Crippen LogP contribution is -2.51. The average Bonchev–Trinajstić information content (AvgIpc) is 3.51. The van der Waals surface area contributed by atoms with Crippen LogP contribution in [-0.4, -0.2) is 65.0 Å². The standard InChI is InChI=1S/C45H46Cl2N6O2/c1-28-10-9-21-53-42(30-15-17-31(46)18-16-30)34-26-32(47)27-35-38(34)39(43(53)37(28)29-11-5-3-6-12-29)41(49-35)45(54)50-40-36(55-2)19-20-48-44(40)52-24-22-51(23-25-52)33-13-7-4-8-14-33/h3,5-6,9,11-12,15-21,26-28,33,42,49H,4,7-8,10,13-14,22-25H2,1-2H3,(H,50,54). The summed E-state index contributed by atoms with van der Waals surface area (Å²) < 4.78 is 5.90. The van der Waals surface area contributed by atoms with Crippen LogP contribution in [0.25, 0.3) is 22.2 Å². The molecule has 1 saturated carbocycles. The Labute approximate surface area is 332 Å². The third-order valence-electron chi connectivity index (χ3n) is 12.0. The molecular formula is C45H46Cl2N6O2. The van der Waals surface area contributed by atoms with Gasteiger partial charge in [0.05, 0.1) is 18.8 Å². The maximum Gasteiger partial charge on any atom is 0.273 e. The molecule has 8 nitrogen and oxygen atoms in total. The van der Waals surface area contributed by atoms with Crippen molar-refractivity contribution >= 4 is 62.8 Å². The van der Waals surface area contributed by atoms with Gasteiger partial charge in [-0.05, 0) is 71.7 Å². The highest BCUT2D eigenvalue weighted by Gasteiger charge is 2.40. The maximum atomic E-state index is 15.1. The monoisotopic (exact) mass is 772 g/mol. The summed E-state index contributed by atoms with van der Waals surface area (Å²) in [5.74, 6) is 1.19. The third-order valence-corrected chi connectivity index (χ3v) is 12.5. The topological polar surface area (TPSA) is 76.7 Å². The molecule has 3 aliphatic heterocycles. The van der Waals surface area contributed by atoms with E-state index in [9.17, 15) is 0 Å². The van der Waals surface area contributed by atoms with Crippen molar-refractivity contribution < 1.29 is 9.53 Å². The summed E-state index contributed by atoms with van der Waals surface area (Å²) in [6.07, 6.45) is 13.6. The van der Waals surface area contributed by atoms with Crippen molar-refractivity contribution in [2.45, 2.75) is 57.5 Å². The van der Waals surface area contributed by atoms with Crippen LogP contribution < -0.4 is 15.0 Å². The highest BCUT2D eigenvalue weighted by molar-refractivity contribution is 6.32. The molecule has 2 aromatic heterocycles. The Morgan fingerprint density at radius 1 is 0.927 bits per heavy atom. The number of piperazine rings is 1. The fourth-order valence-corrected chi connectivity index (χ4v) is 9.78. The molecule has 2 unspecified atom stereocenters. The van der Waals surface area contributed by atoms with Gasteiger partial charge in [0, 0.05) is 77.2 Å². The first-order chi connectivity index (χ1) is 26.9. The number of nitrogens with zero attached hydrogens (tertiary/aromatic N) is 4. The van der Waals surface area contributed by atoms with Crippen LogP contribution in [0.15, 0.2) is 91.3 Å². The van der Waals surface area contributed by atoms with Gasteiger partial charge >= 0.3 is 0 Å². The average molecular weight is 774 g/mol. The molecule has 1 aliphatic carbocycles. The van der Waals surface area contributed by atoms with E-state index in [1.165, 1.54) is 37.7 Å². The minimum absolute atomic E-state index is 0.163. The zero-order valence-corrected chi connectivity index (χ0v) is 32.8. The molecule has 0 bridgehead atoms. The number of H-pyrrole nitrogens is 1. The number of hydrogen-bond donors (Lipinski definition) is 2. The van der Waals surface area contributed by atoms with Gasteiger partial charge in [0.1, 0.15) is 17.1 Å². The molecule has 55 heavy (non-hydrogen) atoms. The number of allylic oxidation sites excluding steroid dienone is 2. The van der Waals surface area contributed by atoms with E-state index < -0.39 is 0 Å². The fourth-order valence-electron chi connectivity index (χ4n) is 9.43. The summed E-state index contributed by atoms with van der Waals surface area (Å²) in [6, 6.07) is 24.8. The lowest BCUT2D eigenvalue weighted by molar-refractivity contribution is 0.102. The van der Waals surface area contributed by atoms with E-state index in [2.05, 4.69) is 80.6 Å². The molecule has 2 atom stereocenters. The van der Waals surface area contributed by atoms with Crippen LogP contribution in [0.1, 0.15) is 84.2 Å². The van der Waals surface area contributed by atoms with E-state index in [1.807, 2.05) is 36.4 Å². The Hall–Kier alpha value is -4.76. The number of amides is 1. The molecule has 5 heterocycles. The number of pyridine rings is 1. The molecule has 5 aromatic rings. The van der Waals surface area contributed by atoms with Crippen LogP contribution in [-0.2, 0) is 0 Å². The Bertz CT molecular complexity index is 2290. The summed E-state index contributed by atoms with van der Waals surface area (Å²) in [7, 11) is 1.64. The Balaban J connectivity index is 1.18. The molecule has 2 N–H and O–H groups in total. The van der Waals surface area contributed by atoms with Gasteiger partial charge in [-0.25, -0.2) is 4.98 Å². The summed E-state index contributed by atoms with van der Waals surface area (Å²) in [5.41, 5.74) is 8.07. The molecule has 3 aromatic carbocycles. The summed E-state index contributed by atoms with van der Waals surface area (Å²) in [4.78, 5) is 30.8. The number of anilines is 2. The van der Waals surface area contributed by atoms with Crippen molar-refractivity contribution in [2.75, 3.05) is 43.5 Å². The summed E-state index contributed by atoms with van der Waals surface area (Å²) in [5, 5.41) is 5.56. The third kappa shape index (κ3) is 6.58. The summed E-state index contributed by atoms with van der Waals surface area (Å²) >= 11 is 13.3. The maximum absolute atomic E-state index is 15.1. The van der Waals surface area contributed by atoms with Gasteiger partial charge in [-0.15, -0.1) is 0 Å². The van der Waals surface area contributed by atoms with Crippen LogP contribution in [0.2, 0.25) is 10.0 Å². The molecular weight excluding hydrogens is 727 g/mol. The van der Waals surface area contributed by atoms with E-state index in [4.69, 9.17) is 32.9 Å². The molecule has 282 valence electrons. The molecule has 4 aliphatic rings. The zero-order chi connectivity index (χ0) is 37.6. The van der Waals surface area contributed by atoms with Crippen LogP contribution in [0, 0.1) is 5.92 Å².